The van der Waals surface area contributed by atoms with Crippen LogP contribution in [0.3, 0.4) is 0 Å². The Morgan fingerprint density at radius 2 is 2.04 bits per heavy atom. The summed E-state index contributed by atoms with van der Waals surface area (Å²) in [6.07, 6.45) is 0. The number of aromatic nitrogens is 4. The van der Waals surface area contributed by atoms with E-state index >= 15 is 0 Å². The summed E-state index contributed by atoms with van der Waals surface area (Å²) in [5, 5.41) is 24.0. The van der Waals surface area contributed by atoms with E-state index in [0.29, 0.717) is 28.9 Å². The highest BCUT2D eigenvalue weighted by Gasteiger charge is 2.20. The molecule has 3 aromatic rings. The van der Waals surface area contributed by atoms with Crippen LogP contribution in [0.1, 0.15) is 12.5 Å². The van der Waals surface area contributed by atoms with E-state index in [9.17, 15) is 9.90 Å². The molecule has 1 aliphatic rings. The minimum Gasteiger partial charge on any atom is -0.508 e. The third kappa shape index (κ3) is 3.86. The van der Waals surface area contributed by atoms with Gasteiger partial charge in [-0.05, 0) is 59.3 Å². The molecule has 2 heterocycles. The SMILES string of the molecule is C[C@@H](Sc1nnnn1-c1ccc(O)cc1)C(=O)NCc1ccc2c(c1)OCO2. The van der Waals surface area contributed by atoms with Crippen molar-refractivity contribution in [1.29, 1.82) is 0 Å². The molecule has 1 aromatic heterocycles. The first kappa shape index (κ1) is 18.1. The molecule has 0 spiro atoms. The van der Waals surface area contributed by atoms with Crippen molar-refractivity contribution < 1.29 is 19.4 Å². The molecule has 144 valence electrons. The molecule has 0 unspecified atom stereocenters. The number of nitrogens with one attached hydrogen (secondary N) is 1. The number of carbonyl (C=O) groups is 1. The van der Waals surface area contributed by atoms with Gasteiger partial charge in [-0.1, -0.05) is 17.8 Å². The smallest absolute Gasteiger partial charge is 0.233 e. The molecular formula is C18H17N5O4S. The number of carbonyl (C=O) groups excluding carboxylic acids is 1. The van der Waals surface area contributed by atoms with E-state index in [1.165, 1.54) is 16.4 Å². The number of nitrogens with zero attached hydrogens (tertiary/aromatic N) is 4. The zero-order valence-electron chi connectivity index (χ0n) is 14.9. The first-order chi connectivity index (χ1) is 13.6. The Hall–Kier alpha value is -3.27. The van der Waals surface area contributed by atoms with Crippen molar-refractivity contribution >= 4 is 17.7 Å². The van der Waals surface area contributed by atoms with Crippen LogP contribution in [-0.2, 0) is 11.3 Å². The molecule has 0 fully saturated rings. The second-order valence-electron chi connectivity index (χ2n) is 6.06. The van der Waals surface area contributed by atoms with Crippen molar-refractivity contribution in [3.05, 3.63) is 48.0 Å². The molecule has 1 amide bonds. The predicted molar refractivity (Wildman–Crippen MR) is 101 cm³/mol. The van der Waals surface area contributed by atoms with Crippen LogP contribution >= 0.6 is 11.8 Å². The average Bonchev–Trinajstić information content (AvgIpc) is 3.35. The topological polar surface area (TPSA) is 111 Å². The number of phenols is 1. The molecule has 0 saturated heterocycles. The molecule has 0 saturated carbocycles. The minimum atomic E-state index is -0.407. The van der Waals surface area contributed by atoms with Crippen LogP contribution in [0.2, 0.25) is 0 Å². The monoisotopic (exact) mass is 399 g/mol. The van der Waals surface area contributed by atoms with Crippen molar-refractivity contribution in [3.63, 3.8) is 0 Å². The van der Waals surface area contributed by atoms with Gasteiger partial charge in [0, 0.05) is 6.54 Å². The first-order valence-corrected chi connectivity index (χ1v) is 9.39. The van der Waals surface area contributed by atoms with Gasteiger partial charge in [0.15, 0.2) is 11.5 Å². The highest BCUT2D eigenvalue weighted by molar-refractivity contribution is 8.00. The van der Waals surface area contributed by atoms with Gasteiger partial charge in [-0.15, -0.1) is 5.10 Å². The van der Waals surface area contributed by atoms with Gasteiger partial charge in [0.05, 0.1) is 10.9 Å². The number of thioether (sulfide) groups is 1. The van der Waals surface area contributed by atoms with Gasteiger partial charge in [-0.3, -0.25) is 4.79 Å². The van der Waals surface area contributed by atoms with Crippen LogP contribution in [0, 0.1) is 0 Å². The van der Waals surface area contributed by atoms with Gasteiger partial charge in [-0.2, -0.15) is 4.68 Å². The standard InChI is InChI=1S/C18H17N5O4S/c1-11(17(25)19-9-12-2-7-15-16(8-12)27-10-26-15)28-18-20-21-22-23(18)13-3-5-14(24)6-4-13/h2-8,11,24H,9-10H2,1H3,(H,19,25)/t11-/m1/s1. The summed E-state index contributed by atoms with van der Waals surface area (Å²) in [5.74, 6) is 1.41. The number of ether oxygens (including phenoxy) is 2. The summed E-state index contributed by atoms with van der Waals surface area (Å²) < 4.78 is 12.1. The van der Waals surface area contributed by atoms with Gasteiger partial charge < -0.3 is 19.9 Å². The average molecular weight is 399 g/mol. The summed E-state index contributed by atoms with van der Waals surface area (Å²) in [5.41, 5.74) is 1.61. The number of hydrogen-bond donors (Lipinski definition) is 2. The number of fused-ring (bicyclic) bond motifs is 1. The van der Waals surface area contributed by atoms with Crippen LogP contribution < -0.4 is 14.8 Å². The molecule has 4 rings (SSSR count). The van der Waals surface area contributed by atoms with Crippen molar-refractivity contribution in [2.24, 2.45) is 0 Å². The number of benzene rings is 2. The minimum absolute atomic E-state index is 0.136. The lowest BCUT2D eigenvalue weighted by molar-refractivity contribution is -0.120. The van der Waals surface area contributed by atoms with E-state index in [1.54, 1.807) is 31.2 Å². The van der Waals surface area contributed by atoms with Crippen LogP contribution in [0.15, 0.2) is 47.6 Å². The first-order valence-electron chi connectivity index (χ1n) is 8.51. The molecule has 0 radical (unpaired) electrons. The van der Waals surface area contributed by atoms with E-state index in [-0.39, 0.29) is 18.4 Å². The predicted octanol–water partition coefficient (Wildman–Crippen LogP) is 1.89. The molecule has 1 aliphatic heterocycles. The maximum absolute atomic E-state index is 12.5. The van der Waals surface area contributed by atoms with Crippen LogP contribution in [0.5, 0.6) is 17.2 Å². The fraction of sp³-hybridized carbons (Fsp3) is 0.222. The normalized spacial score (nSPS) is 13.3. The maximum atomic E-state index is 12.5. The van der Waals surface area contributed by atoms with E-state index in [4.69, 9.17) is 9.47 Å². The second kappa shape index (κ2) is 7.77. The Balaban J connectivity index is 1.37. The number of amides is 1. The van der Waals surface area contributed by atoms with E-state index in [1.807, 2.05) is 18.2 Å². The highest BCUT2D eigenvalue weighted by atomic mass is 32.2. The van der Waals surface area contributed by atoms with Crippen LogP contribution in [0.25, 0.3) is 5.69 Å². The molecular weight excluding hydrogens is 382 g/mol. The van der Waals surface area contributed by atoms with Crippen molar-refractivity contribution in [1.82, 2.24) is 25.5 Å². The number of aromatic hydroxyl groups is 1. The zero-order valence-corrected chi connectivity index (χ0v) is 15.7. The van der Waals surface area contributed by atoms with Gasteiger partial charge in [-0.25, -0.2) is 0 Å². The van der Waals surface area contributed by atoms with Crippen molar-refractivity contribution in [2.75, 3.05) is 6.79 Å². The maximum Gasteiger partial charge on any atom is 0.233 e. The van der Waals surface area contributed by atoms with Gasteiger partial charge >= 0.3 is 0 Å². The molecule has 0 aliphatic carbocycles. The lowest BCUT2D eigenvalue weighted by Gasteiger charge is -2.12. The fourth-order valence-corrected chi connectivity index (χ4v) is 3.44. The van der Waals surface area contributed by atoms with E-state index in [0.717, 1.165) is 5.56 Å². The highest BCUT2D eigenvalue weighted by Crippen LogP contribution is 2.32. The van der Waals surface area contributed by atoms with Gasteiger partial charge in [0.25, 0.3) is 0 Å². The Kier molecular flexibility index (Phi) is 5.02. The Morgan fingerprint density at radius 3 is 2.86 bits per heavy atom. The zero-order chi connectivity index (χ0) is 19.5. The van der Waals surface area contributed by atoms with Crippen LogP contribution in [-0.4, -0.2) is 43.3 Å². The second-order valence-corrected chi connectivity index (χ2v) is 7.36. The molecule has 0 bridgehead atoms. The summed E-state index contributed by atoms with van der Waals surface area (Å²) in [6, 6.07) is 12.1. The van der Waals surface area contributed by atoms with E-state index < -0.39 is 5.25 Å². The Morgan fingerprint density at radius 1 is 1.25 bits per heavy atom. The van der Waals surface area contributed by atoms with E-state index in [2.05, 4.69) is 20.8 Å². The molecule has 2 aromatic carbocycles. The molecule has 2 N–H and O–H groups in total. The number of phenolic OH excluding ortho intramolecular Hbond substituents is 1. The van der Waals surface area contributed by atoms with Gasteiger partial charge in [0.1, 0.15) is 5.75 Å². The molecule has 9 nitrogen and oxygen atoms in total. The lowest BCUT2D eigenvalue weighted by atomic mass is 10.2. The Labute approximate surface area is 164 Å². The summed E-state index contributed by atoms with van der Waals surface area (Å²) in [4.78, 5) is 12.5. The van der Waals surface area contributed by atoms with Gasteiger partial charge in [0.2, 0.25) is 17.9 Å². The van der Waals surface area contributed by atoms with Crippen molar-refractivity contribution in [3.8, 4) is 22.9 Å². The van der Waals surface area contributed by atoms with Crippen LogP contribution in [0.4, 0.5) is 0 Å². The molecule has 10 heteroatoms. The summed E-state index contributed by atoms with van der Waals surface area (Å²) in [6.45, 7) is 2.38. The quantitative estimate of drug-likeness (QED) is 0.605. The largest absolute Gasteiger partial charge is 0.508 e. The fourth-order valence-electron chi connectivity index (χ4n) is 2.60. The van der Waals surface area contributed by atoms with Crippen molar-refractivity contribution in [2.45, 2.75) is 23.9 Å². The number of hydrogen-bond acceptors (Lipinski definition) is 8. The summed E-state index contributed by atoms with van der Waals surface area (Å²) in [7, 11) is 0. The number of rotatable bonds is 6. The third-order valence-corrected chi connectivity index (χ3v) is 5.12. The lowest BCUT2D eigenvalue weighted by Crippen LogP contribution is -2.30. The Bertz CT molecular complexity index is 992. The third-order valence-electron chi connectivity index (χ3n) is 4.09. The molecule has 28 heavy (non-hydrogen) atoms. The molecule has 1 atom stereocenters. The number of tetrazole rings is 1. The summed E-state index contributed by atoms with van der Waals surface area (Å²) >= 11 is 1.25.